The van der Waals surface area contributed by atoms with Gasteiger partial charge in [-0.3, -0.25) is 4.79 Å². The first-order valence-electron chi connectivity index (χ1n) is 9.66. The van der Waals surface area contributed by atoms with Crippen LogP contribution >= 0.6 is 0 Å². The van der Waals surface area contributed by atoms with Gasteiger partial charge in [0.15, 0.2) is 11.3 Å². The number of hydrogen-bond acceptors (Lipinski definition) is 6. The van der Waals surface area contributed by atoms with E-state index < -0.39 is 21.7 Å². The molecule has 0 saturated carbocycles. The lowest BCUT2D eigenvalue weighted by Crippen LogP contribution is -2.27. The summed E-state index contributed by atoms with van der Waals surface area (Å²) in [6.07, 6.45) is 0. The zero-order valence-corrected chi connectivity index (χ0v) is 18.1. The Morgan fingerprint density at radius 3 is 2.42 bits per heavy atom. The standard InChI is InChI=1S/C23H18FN3O5S/c1-31-20-9-5-6-15-14-19(22(28)25-17-12-10-16(24)11-13-17)23(32-21(15)20)26-27-33(29,30)18-7-3-2-4-8-18/h2-14,27H,1H3,(H,25,28). The first-order chi connectivity index (χ1) is 15.9. The minimum atomic E-state index is -4.01. The zero-order valence-electron chi connectivity index (χ0n) is 17.3. The molecule has 8 nitrogen and oxygen atoms in total. The van der Waals surface area contributed by atoms with Crippen LogP contribution in [0.4, 0.5) is 10.1 Å². The number of sulfonamides is 1. The topological polar surface area (TPSA) is 110 Å². The smallest absolute Gasteiger partial charge is 0.276 e. The Labute approximate surface area is 188 Å². The summed E-state index contributed by atoms with van der Waals surface area (Å²) in [5.41, 5.74) is 0.279. The molecule has 1 amide bonds. The van der Waals surface area contributed by atoms with Gasteiger partial charge in [0.05, 0.1) is 12.0 Å². The first-order valence-corrected chi connectivity index (χ1v) is 11.1. The third-order valence-electron chi connectivity index (χ3n) is 4.63. The van der Waals surface area contributed by atoms with Gasteiger partial charge in [-0.1, -0.05) is 30.3 Å². The van der Waals surface area contributed by atoms with Crippen molar-refractivity contribution < 1.29 is 26.8 Å². The quantitative estimate of drug-likeness (QED) is 0.421. The lowest BCUT2D eigenvalue weighted by atomic mass is 10.1. The number of para-hydroxylation sites is 1. The summed E-state index contributed by atoms with van der Waals surface area (Å²) in [7, 11) is -2.56. The van der Waals surface area contributed by atoms with Crippen molar-refractivity contribution >= 4 is 32.6 Å². The molecule has 0 spiro atoms. The number of halogens is 1. The molecule has 2 N–H and O–H groups in total. The monoisotopic (exact) mass is 467 g/mol. The number of nitrogens with zero attached hydrogens (tertiary/aromatic N) is 1. The molecule has 168 valence electrons. The Morgan fingerprint density at radius 1 is 1.00 bits per heavy atom. The zero-order chi connectivity index (χ0) is 23.4. The fraction of sp³-hybridized carbons (Fsp3) is 0.0435. The van der Waals surface area contributed by atoms with Crippen LogP contribution < -0.4 is 20.4 Å². The number of ether oxygens (including phenoxy) is 1. The highest BCUT2D eigenvalue weighted by Gasteiger charge is 2.17. The lowest BCUT2D eigenvalue weighted by molar-refractivity contribution is 0.102. The maximum atomic E-state index is 13.2. The normalized spacial score (nSPS) is 11.9. The molecule has 10 heteroatoms. The van der Waals surface area contributed by atoms with Gasteiger partial charge in [0.1, 0.15) is 11.4 Å². The predicted octanol–water partition coefficient (Wildman–Crippen LogP) is 3.63. The predicted molar refractivity (Wildman–Crippen MR) is 119 cm³/mol. The molecule has 1 aromatic heterocycles. The van der Waals surface area contributed by atoms with Crippen molar-refractivity contribution in [3.63, 3.8) is 0 Å². The van der Waals surface area contributed by atoms with Crippen LogP contribution in [0, 0.1) is 5.82 Å². The number of fused-ring (bicyclic) bond motifs is 1. The van der Waals surface area contributed by atoms with Gasteiger partial charge >= 0.3 is 0 Å². The van der Waals surface area contributed by atoms with E-state index in [-0.39, 0.29) is 21.6 Å². The van der Waals surface area contributed by atoms with E-state index in [2.05, 4.69) is 15.2 Å². The molecule has 0 aliphatic heterocycles. The van der Waals surface area contributed by atoms with E-state index in [0.717, 1.165) is 0 Å². The summed E-state index contributed by atoms with van der Waals surface area (Å²) in [5, 5.41) is 7.02. The second-order valence-electron chi connectivity index (χ2n) is 6.82. The van der Waals surface area contributed by atoms with Crippen LogP contribution in [0.15, 0.2) is 93.3 Å². The van der Waals surface area contributed by atoms with Crippen LogP contribution in [0.5, 0.6) is 5.75 Å². The molecule has 0 aliphatic carbocycles. The van der Waals surface area contributed by atoms with Gasteiger partial charge in [-0.2, -0.15) is 13.2 Å². The molecule has 0 atom stereocenters. The van der Waals surface area contributed by atoms with E-state index >= 15 is 0 Å². The summed E-state index contributed by atoms with van der Waals surface area (Å²) in [6.45, 7) is 0. The van der Waals surface area contributed by atoms with Crippen molar-refractivity contribution in [3.05, 3.63) is 95.8 Å². The summed E-state index contributed by atoms with van der Waals surface area (Å²) in [5.74, 6) is -0.708. The van der Waals surface area contributed by atoms with Gasteiger partial charge in [0, 0.05) is 11.1 Å². The molecule has 0 radical (unpaired) electrons. The average molecular weight is 467 g/mol. The highest BCUT2D eigenvalue weighted by molar-refractivity contribution is 7.89. The van der Waals surface area contributed by atoms with Crippen molar-refractivity contribution in [2.45, 2.75) is 4.90 Å². The number of rotatable bonds is 6. The molecule has 33 heavy (non-hydrogen) atoms. The molecule has 3 aromatic carbocycles. The molecule has 0 bridgehead atoms. The molecule has 4 rings (SSSR count). The van der Waals surface area contributed by atoms with Crippen molar-refractivity contribution in [2.75, 3.05) is 12.4 Å². The fourth-order valence-corrected chi connectivity index (χ4v) is 3.84. The molecule has 0 aliphatic rings. The minimum absolute atomic E-state index is 0.00978. The van der Waals surface area contributed by atoms with Gasteiger partial charge in [-0.15, -0.1) is 5.10 Å². The van der Waals surface area contributed by atoms with Gasteiger partial charge in [0.2, 0.25) is 5.55 Å². The number of nitrogens with one attached hydrogen (secondary N) is 2. The summed E-state index contributed by atoms with van der Waals surface area (Å²) in [6, 6.07) is 19.4. The summed E-state index contributed by atoms with van der Waals surface area (Å²) < 4.78 is 49.4. The molecular formula is C23H18FN3O5S. The molecule has 0 unspecified atom stereocenters. The fourth-order valence-electron chi connectivity index (χ4n) is 3.02. The van der Waals surface area contributed by atoms with E-state index in [4.69, 9.17) is 9.15 Å². The van der Waals surface area contributed by atoms with Crippen molar-refractivity contribution in [1.29, 1.82) is 0 Å². The highest BCUT2D eigenvalue weighted by Crippen LogP contribution is 2.24. The largest absolute Gasteiger partial charge is 0.493 e. The number of benzene rings is 3. The number of carbonyl (C=O) groups is 1. The number of anilines is 1. The molecular weight excluding hydrogens is 449 g/mol. The Bertz CT molecular complexity index is 1480. The maximum Gasteiger partial charge on any atom is 0.276 e. The van der Waals surface area contributed by atoms with Gasteiger partial charge in [-0.25, -0.2) is 4.39 Å². The molecule has 0 saturated heterocycles. The second kappa shape index (κ2) is 9.13. The second-order valence-corrected chi connectivity index (χ2v) is 8.49. The van der Waals surface area contributed by atoms with Crippen LogP contribution in [0.25, 0.3) is 11.0 Å². The molecule has 0 fully saturated rings. The third kappa shape index (κ3) is 4.85. The Balaban J connectivity index is 1.80. The van der Waals surface area contributed by atoms with E-state index in [1.807, 2.05) is 0 Å². The lowest BCUT2D eigenvalue weighted by Gasteiger charge is -2.09. The Morgan fingerprint density at radius 2 is 1.73 bits per heavy atom. The number of amides is 1. The first kappa shape index (κ1) is 22.0. The Hall–Kier alpha value is -4.18. The van der Waals surface area contributed by atoms with Gasteiger partial charge in [-0.05, 0) is 48.5 Å². The van der Waals surface area contributed by atoms with Crippen molar-refractivity contribution in [3.8, 4) is 5.75 Å². The minimum Gasteiger partial charge on any atom is -0.493 e. The SMILES string of the molecule is COc1cccc2cc(C(=O)Nc3ccc(F)cc3)c(=NNS(=O)(=O)c3ccccc3)oc12. The van der Waals surface area contributed by atoms with E-state index in [1.165, 1.54) is 49.6 Å². The van der Waals surface area contributed by atoms with Crippen LogP contribution in [-0.2, 0) is 10.0 Å². The Kier molecular flexibility index (Phi) is 6.09. The van der Waals surface area contributed by atoms with Crippen LogP contribution in [0.2, 0.25) is 0 Å². The average Bonchev–Trinajstić information content (AvgIpc) is 2.83. The van der Waals surface area contributed by atoms with Gasteiger partial charge in [0.25, 0.3) is 15.9 Å². The van der Waals surface area contributed by atoms with Gasteiger partial charge < -0.3 is 14.5 Å². The van der Waals surface area contributed by atoms with Crippen LogP contribution in [0.1, 0.15) is 10.4 Å². The molecule has 1 heterocycles. The maximum absolute atomic E-state index is 13.2. The van der Waals surface area contributed by atoms with Crippen LogP contribution in [-0.4, -0.2) is 21.4 Å². The number of carbonyl (C=O) groups excluding carboxylic acids is 1. The highest BCUT2D eigenvalue weighted by atomic mass is 32.2. The van der Waals surface area contributed by atoms with E-state index in [9.17, 15) is 17.6 Å². The van der Waals surface area contributed by atoms with Crippen molar-refractivity contribution in [2.24, 2.45) is 5.10 Å². The number of methoxy groups -OCH3 is 1. The van der Waals surface area contributed by atoms with E-state index in [1.54, 1.807) is 36.4 Å². The summed E-state index contributed by atoms with van der Waals surface area (Å²) >= 11 is 0. The molecule has 4 aromatic rings. The summed E-state index contributed by atoms with van der Waals surface area (Å²) in [4.78, 5) is 15.1. The van der Waals surface area contributed by atoms with Crippen LogP contribution in [0.3, 0.4) is 0 Å². The van der Waals surface area contributed by atoms with Crippen molar-refractivity contribution in [1.82, 2.24) is 4.83 Å². The number of hydrogen-bond donors (Lipinski definition) is 2. The third-order valence-corrected chi connectivity index (χ3v) is 5.85. The van der Waals surface area contributed by atoms with E-state index in [0.29, 0.717) is 16.8 Å².